The number of nitrogens with one attached hydrogen (secondary N) is 1. The highest BCUT2D eigenvalue weighted by atomic mass is 16.5. The minimum Gasteiger partial charge on any atom is -0.468 e. The van der Waals surface area contributed by atoms with E-state index >= 15 is 0 Å². The molecule has 0 bridgehead atoms. The topological polar surface area (TPSA) is 56.8 Å². The Kier molecular flexibility index (Phi) is 7.34. The van der Waals surface area contributed by atoms with Crippen LogP contribution in [0.15, 0.2) is 0 Å². The Balaban J connectivity index is 2.22. The average molecular weight is 273 g/mol. The Morgan fingerprint density at radius 2 is 2.16 bits per heavy atom. The molecule has 0 radical (unpaired) electrons. The summed E-state index contributed by atoms with van der Waals surface area (Å²) in [7, 11) is 3.23. The highest BCUT2D eigenvalue weighted by Gasteiger charge is 2.45. The lowest BCUT2D eigenvalue weighted by molar-refractivity contribution is -0.148. The number of hydrogen-bond acceptors (Lipinski definition) is 5. The Hall–Kier alpha value is -0.650. The number of esters is 1. The van der Waals surface area contributed by atoms with E-state index in [4.69, 9.17) is 14.2 Å². The van der Waals surface area contributed by atoms with Crippen molar-refractivity contribution < 1.29 is 19.0 Å². The summed E-state index contributed by atoms with van der Waals surface area (Å²) < 4.78 is 16.1. The van der Waals surface area contributed by atoms with E-state index in [-0.39, 0.29) is 12.1 Å². The highest BCUT2D eigenvalue weighted by Crippen LogP contribution is 2.32. The molecule has 0 aromatic rings. The van der Waals surface area contributed by atoms with Crippen molar-refractivity contribution in [2.24, 2.45) is 0 Å². The molecule has 0 spiro atoms. The molecule has 0 aromatic heterocycles. The number of hydrogen-bond donors (Lipinski definition) is 1. The van der Waals surface area contributed by atoms with Crippen molar-refractivity contribution in [2.75, 3.05) is 34.0 Å². The molecule has 0 heterocycles. The summed E-state index contributed by atoms with van der Waals surface area (Å²) >= 11 is 0. The number of likely N-dealkylation sites (N-methyl/N-ethyl adjacent to an activating group) is 1. The summed E-state index contributed by atoms with van der Waals surface area (Å²) in [6, 6.07) is 0. The Morgan fingerprint density at radius 3 is 2.79 bits per heavy atom. The Labute approximate surface area is 116 Å². The molecular formula is C14H27NO4. The van der Waals surface area contributed by atoms with Crippen LogP contribution in [-0.4, -0.2) is 51.6 Å². The number of ether oxygens (including phenoxy) is 3. The Bertz CT molecular complexity index is 272. The molecule has 0 aromatic carbocycles. The SMILES string of the molecule is CCCCOCCOC1CCC(NC)(C(=O)OC)C1. The van der Waals surface area contributed by atoms with Crippen molar-refractivity contribution in [1.29, 1.82) is 0 Å². The van der Waals surface area contributed by atoms with E-state index in [2.05, 4.69) is 12.2 Å². The van der Waals surface area contributed by atoms with Gasteiger partial charge in [-0.1, -0.05) is 13.3 Å². The molecule has 5 heteroatoms. The van der Waals surface area contributed by atoms with Crippen molar-refractivity contribution in [3.05, 3.63) is 0 Å². The van der Waals surface area contributed by atoms with Crippen LogP contribution in [0.5, 0.6) is 0 Å². The zero-order chi connectivity index (χ0) is 14.1. The Morgan fingerprint density at radius 1 is 1.37 bits per heavy atom. The number of methoxy groups -OCH3 is 1. The van der Waals surface area contributed by atoms with Crippen molar-refractivity contribution >= 4 is 5.97 Å². The molecule has 2 atom stereocenters. The van der Waals surface area contributed by atoms with Crippen LogP contribution in [0, 0.1) is 0 Å². The molecule has 112 valence electrons. The van der Waals surface area contributed by atoms with Crippen molar-refractivity contribution in [3.63, 3.8) is 0 Å². The van der Waals surface area contributed by atoms with Crippen molar-refractivity contribution in [3.8, 4) is 0 Å². The molecule has 19 heavy (non-hydrogen) atoms. The van der Waals surface area contributed by atoms with Crippen LogP contribution >= 0.6 is 0 Å². The number of rotatable bonds is 9. The molecule has 1 rings (SSSR count). The van der Waals surface area contributed by atoms with E-state index in [1.54, 1.807) is 7.05 Å². The van der Waals surface area contributed by atoms with Gasteiger partial charge in [0.25, 0.3) is 0 Å². The van der Waals surface area contributed by atoms with Crippen LogP contribution in [0.25, 0.3) is 0 Å². The summed E-state index contributed by atoms with van der Waals surface area (Å²) in [6.07, 6.45) is 4.66. The van der Waals surface area contributed by atoms with Crippen LogP contribution in [0.1, 0.15) is 39.0 Å². The fraction of sp³-hybridized carbons (Fsp3) is 0.929. The molecule has 1 aliphatic carbocycles. The van der Waals surface area contributed by atoms with E-state index in [1.807, 2.05) is 0 Å². The third-order valence-electron chi connectivity index (χ3n) is 3.75. The average Bonchev–Trinajstić information content (AvgIpc) is 2.86. The number of unbranched alkanes of at least 4 members (excludes halogenated alkanes) is 1. The molecule has 0 aliphatic heterocycles. The van der Waals surface area contributed by atoms with Gasteiger partial charge in [0, 0.05) is 13.0 Å². The van der Waals surface area contributed by atoms with Gasteiger partial charge in [0.05, 0.1) is 26.4 Å². The van der Waals surface area contributed by atoms with Gasteiger partial charge in [-0.05, 0) is 26.3 Å². The standard InChI is InChI=1S/C14H27NO4/c1-4-5-8-18-9-10-19-12-6-7-14(11-12,15-2)13(16)17-3/h12,15H,4-11H2,1-3H3. The van der Waals surface area contributed by atoms with Gasteiger partial charge in [-0.25, -0.2) is 0 Å². The summed E-state index contributed by atoms with van der Waals surface area (Å²) in [4.78, 5) is 11.8. The predicted molar refractivity (Wildman–Crippen MR) is 73.1 cm³/mol. The first-order chi connectivity index (χ1) is 9.18. The predicted octanol–water partition coefficient (Wildman–Crippen LogP) is 1.50. The lowest BCUT2D eigenvalue weighted by Crippen LogP contribution is -2.49. The van der Waals surface area contributed by atoms with Gasteiger partial charge in [-0.2, -0.15) is 0 Å². The molecule has 2 unspecified atom stereocenters. The first kappa shape index (κ1) is 16.4. The van der Waals surface area contributed by atoms with Gasteiger partial charge < -0.3 is 19.5 Å². The second kappa shape index (κ2) is 8.51. The van der Waals surface area contributed by atoms with Crippen LogP contribution in [0.2, 0.25) is 0 Å². The summed E-state index contributed by atoms with van der Waals surface area (Å²) in [5, 5.41) is 3.09. The van der Waals surface area contributed by atoms with Gasteiger partial charge in [0.2, 0.25) is 0 Å². The van der Waals surface area contributed by atoms with E-state index in [1.165, 1.54) is 7.11 Å². The molecule has 1 N–H and O–H groups in total. The summed E-state index contributed by atoms with van der Waals surface area (Å²) in [6.45, 7) is 4.16. The lowest BCUT2D eigenvalue weighted by Gasteiger charge is -2.25. The molecule has 1 saturated carbocycles. The van der Waals surface area contributed by atoms with E-state index in [9.17, 15) is 4.79 Å². The maximum atomic E-state index is 11.8. The summed E-state index contributed by atoms with van der Waals surface area (Å²) in [5.74, 6) is -0.194. The van der Waals surface area contributed by atoms with Gasteiger partial charge >= 0.3 is 5.97 Å². The first-order valence-corrected chi connectivity index (χ1v) is 7.15. The van der Waals surface area contributed by atoms with Crippen molar-refractivity contribution in [1.82, 2.24) is 5.32 Å². The van der Waals surface area contributed by atoms with E-state index in [0.29, 0.717) is 19.6 Å². The molecule has 0 amide bonds. The number of carbonyl (C=O) groups excluding carboxylic acids is 1. The van der Waals surface area contributed by atoms with E-state index in [0.717, 1.165) is 32.3 Å². The van der Waals surface area contributed by atoms with Gasteiger partial charge in [0.15, 0.2) is 0 Å². The maximum Gasteiger partial charge on any atom is 0.326 e. The van der Waals surface area contributed by atoms with Crippen LogP contribution in [-0.2, 0) is 19.0 Å². The monoisotopic (exact) mass is 273 g/mol. The molecule has 1 aliphatic rings. The van der Waals surface area contributed by atoms with Gasteiger partial charge in [-0.3, -0.25) is 4.79 Å². The minimum absolute atomic E-state index is 0.112. The fourth-order valence-corrected chi connectivity index (χ4v) is 2.47. The molecule has 5 nitrogen and oxygen atoms in total. The molecular weight excluding hydrogens is 246 g/mol. The maximum absolute atomic E-state index is 11.8. The third kappa shape index (κ3) is 4.75. The fourth-order valence-electron chi connectivity index (χ4n) is 2.47. The third-order valence-corrected chi connectivity index (χ3v) is 3.75. The van der Waals surface area contributed by atoms with Gasteiger partial charge in [0.1, 0.15) is 5.54 Å². The second-order valence-electron chi connectivity index (χ2n) is 5.03. The lowest BCUT2D eigenvalue weighted by atomic mass is 9.98. The van der Waals surface area contributed by atoms with Crippen molar-refractivity contribution in [2.45, 2.75) is 50.7 Å². The number of carbonyl (C=O) groups is 1. The van der Waals surface area contributed by atoms with Crippen LogP contribution < -0.4 is 5.32 Å². The smallest absolute Gasteiger partial charge is 0.326 e. The quantitative estimate of drug-likeness (QED) is 0.510. The molecule has 1 fully saturated rings. The summed E-state index contributed by atoms with van der Waals surface area (Å²) in [5.41, 5.74) is -0.567. The molecule has 0 saturated heterocycles. The zero-order valence-corrected chi connectivity index (χ0v) is 12.4. The first-order valence-electron chi connectivity index (χ1n) is 7.15. The van der Waals surface area contributed by atoms with Gasteiger partial charge in [-0.15, -0.1) is 0 Å². The minimum atomic E-state index is -0.567. The largest absolute Gasteiger partial charge is 0.468 e. The second-order valence-corrected chi connectivity index (χ2v) is 5.03. The van der Waals surface area contributed by atoms with Crippen LogP contribution in [0.4, 0.5) is 0 Å². The highest BCUT2D eigenvalue weighted by molar-refractivity contribution is 5.81. The van der Waals surface area contributed by atoms with Crippen LogP contribution in [0.3, 0.4) is 0 Å². The zero-order valence-electron chi connectivity index (χ0n) is 12.4. The van der Waals surface area contributed by atoms with E-state index < -0.39 is 5.54 Å². The normalized spacial score (nSPS) is 26.6.